The zero-order valence-corrected chi connectivity index (χ0v) is 12.8. The Hall–Kier alpha value is -1.15. The van der Waals surface area contributed by atoms with E-state index in [0.29, 0.717) is 24.9 Å². The van der Waals surface area contributed by atoms with Gasteiger partial charge in [0, 0.05) is 12.2 Å². The summed E-state index contributed by atoms with van der Waals surface area (Å²) in [4.78, 5) is 4.05. The van der Waals surface area contributed by atoms with Crippen molar-refractivity contribution in [3.63, 3.8) is 0 Å². The van der Waals surface area contributed by atoms with E-state index in [1.165, 1.54) is 4.40 Å². The molecule has 0 spiro atoms. The van der Waals surface area contributed by atoms with Crippen molar-refractivity contribution in [3.05, 3.63) is 29.5 Å². The molecule has 6 nitrogen and oxygen atoms in total. The number of halogens is 1. The summed E-state index contributed by atoms with van der Waals surface area (Å²) >= 11 is 6.00. The molecule has 2 heterocycles. The third-order valence-electron chi connectivity index (χ3n) is 3.67. The van der Waals surface area contributed by atoms with E-state index in [1.807, 2.05) is 0 Å². The van der Waals surface area contributed by atoms with Gasteiger partial charge in [0.25, 0.3) is 10.0 Å². The van der Waals surface area contributed by atoms with Gasteiger partial charge in [-0.05, 0) is 37.8 Å². The zero-order chi connectivity index (χ0) is 15.0. The van der Waals surface area contributed by atoms with Gasteiger partial charge in [0.05, 0.1) is 6.10 Å². The summed E-state index contributed by atoms with van der Waals surface area (Å²) in [6.45, 7) is 0. The van der Waals surface area contributed by atoms with Crippen LogP contribution < -0.4 is 4.72 Å². The van der Waals surface area contributed by atoms with Crippen molar-refractivity contribution in [3.8, 4) is 0 Å². The second-order valence-corrected chi connectivity index (χ2v) is 7.26. The third-order valence-corrected chi connectivity index (χ3v) is 5.59. The number of hydrogen-bond acceptors (Lipinski definition) is 4. The molecule has 2 unspecified atom stereocenters. The number of aromatic nitrogens is 2. The highest BCUT2D eigenvalue weighted by Gasteiger charge is 2.29. The van der Waals surface area contributed by atoms with E-state index in [1.54, 1.807) is 24.4 Å². The normalized spacial score (nSPS) is 23.5. The van der Waals surface area contributed by atoms with E-state index in [2.05, 4.69) is 9.71 Å². The molecule has 2 aromatic heterocycles. The molecule has 2 aromatic rings. The summed E-state index contributed by atoms with van der Waals surface area (Å²) in [5, 5.41) is 9.55. The molecule has 2 atom stereocenters. The number of fused-ring (bicyclic) bond motifs is 1. The number of pyridine rings is 1. The average Bonchev–Trinajstić information content (AvgIpc) is 2.74. The van der Waals surface area contributed by atoms with Crippen molar-refractivity contribution in [1.29, 1.82) is 0 Å². The van der Waals surface area contributed by atoms with E-state index >= 15 is 0 Å². The van der Waals surface area contributed by atoms with Gasteiger partial charge in [-0.3, -0.25) is 4.40 Å². The molecule has 114 valence electrons. The first kappa shape index (κ1) is 14.8. The number of rotatable bonds is 3. The first-order valence-electron chi connectivity index (χ1n) is 6.80. The Morgan fingerprint density at radius 2 is 2.19 bits per heavy atom. The number of aliphatic hydroxyl groups is 1. The van der Waals surface area contributed by atoms with Gasteiger partial charge >= 0.3 is 0 Å². The summed E-state index contributed by atoms with van der Waals surface area (Å²) in [6.07, 6.45) is 3.81. The Balaban J connectivity index is 1.95. The molecule has 1 aliphatic carbocycles. The van der Waals surface area contributed by atoms with Crippen molar-refractivity contribution in [2.45, 2.75) is 42.9 Å². The van der Waals surface area contributed by atoms with Crippen LogP contribution in [0.25, 0.3) is 5.65 Å². The molecule has 0 bridgehead atoms. The quantitative estimate of drug-likeness (QED) is 0.895. The van der Waals surface area contributed by atoms with Crippen molar-refractivity contribution < 1.29 is 13.5 Å². The van der Waals surface area contributed by atoms with Crippen molar-refractivity contribution in [2.24, 2.45) is 0 Å². The van der Waals surface area contributed by atoms with Gasteiger partial charge in [0.15, 0.2) is 10.2 Å². The second kappa shape index (κ2) is 5.57. The molecular formula is C13H16ClN3O3S. The predicted octanol–water partition coefficient (Wildman–Crippen LogP) is 1.57. The molecule has 1 fully saturated rings. The summed E-state index contributed by atoms with van der Waals surface area (Å²) in [6, 6.07) is 4.90. The minimum Gasteiger partial charge on any atom is -0.393 e. The van der Waals surface area contributed by atoms with E-state index in [9.17, 15) is 13.5 Å². The Morgan fingerprint density at radius 1 is 1.38 bits per heavy atom. The van der Waals surface area contributed by atoms with E-state index < -0.39 is 16.1 Å². The van der Waals surface area contributed by atoms with Crippen LogP contribution in [0.15, 0.2) is 29.4 Å². The minimum absolute atomic E-state index is 0.0509. The lowest BCUT2D eigenvalue weighted by atomic mass is 9.94. The lowest BCUT2D eigenvalue weighted by Gasteiger charge is -2.26. The summed E-state index contributed by atoms with van der Waals surface area (Å²) in [7, 11) is -3.79. The first-order valence-corrected chi connectivity index (χ1v) is 8.66. The molecule has 0 radical (unpaired) electrons. The molecule has 0 aromatic carbocycles. The monoisotopic (exact) mass is 329 g/mol. The molecule has 2 N–H and O–H groups in total. The van der Waals surface area contributed by atoms with Crippen LogP contribution in [0.4, 0.5) is 0 Å². The van der Waals surface area contributed by atoms with Crippen molar-refractivity contribution >= 4 is 27.3 Å². The smallest absolute Gasteiger partial charge is 0.260 e. The summed E-state index contributed by atoms with van der Waals surface area (Å²) in [5.74, 6) is 0. The number of sulfonamides is 1. The van der Waals surface area contributed by atoms with Gasteiger partial charge in [-0.1, -0.05) is 17.7 Å². The second-order valence-electron chi connectivity index (χ2n) is 5.28. The molecule has 8 heteroatoms. The van der Waals surface area contributed by atoms with Gasteiger partial charge < -0.3 is 5.11 Å². The zero-order valence-electron chi connectivity index (χ0n) is 11.2. The molecule has 21 heavy (non-hydrogen) atoms. The van der Waals surface area contributed by atoms with Crippen LogP contribution in [-0.2, 0) is 10.0 Å². The number of nitrogens with one attached hydrogen (secondary N) is 1. The van der Waals surface area contributed by atoms with Crippen molar-refractivity contribution in [1.82, 2.24) is 14.1 Å². The average molecular weight is 330 g/mol. The van der Waals surface area contributed by atoms with Crippen molar-refractivity contribution in [2.75, 3.05) is 0 Å². The third kappa shape index (κ3) is 2.91. The van der Waals surface area contributed by atoms with Gasteiger partial charge in [0.2, 0.25) is 0 Å². The van der Waals surface area contributed by atoms with Crippen LogP contribution in [0.3, 0.4) is 0 Å². The molecular weight excluding hydrogens is 314 g/mol. The van der Waals surface area contributed by atoms with Gasteiger partial charge in [-0.25, -0.2) is 18.1 Å². The van der Waals surface area contributed by atoms with Gasteiger partial charge in [-0.2, -0.15) is 0 Å². The van der Waals surface area contributed by atoms with Crippen LogP contribution in [0.2, 0.25) is 5.15 Å². The maximum atomic E-state index is 12.6. The van der Waals surface area contributed by atoms with Crippen LogP contribution >= 0.6 is 11.6 Å². The Kier molecular flexibility index (Phi) is 3.92. The van der Waals surface area contributed by atoms with Crippen LogP contribution in [0.1, 0.15) is 25.7 Å². The maximum Gasteiger partial charge on any atom is 0.260 e. The molecule has 0 aliphatic heterocycles. The fourth-order valence-electron chi connectivity index (χ4n) is 2.73. The summed E-state index contributed by atoms with van der Waals surface area (Å²) in [5.41, 5.74) is 0.478. The van der Waals surface area contributed by atoms with Gasteiger partial charge in [0.1, 0.15) is 5.65 Å². The first-order chi connectivity index (χ1) is 9.97. The van der Waals surface area contributed by atoms with Crippen LogP contribution in [0.5, 0.6) is 0 Å². The fourth-order valence-corrected chi connectivity index (χ4v) is 4.66. The predicted molar refractivity (Wildman–Crippen MR) is 78.8 cm³/mol. The Morgan fingerprint density at radius 3 is 2.95 bits per heavy atom. The number of imidazole rings is 1. The molecule has 1 saturated carbocycles. The molecule has 0 saturated heterocycles. The largest absolute Gasteiger partial charge is 0.393 e. The fraction of sp³-hybridized carbons (Fsp3) is 0.462. The minimum atomic E-state index is -3.79. The maximum absolute atomic E-state index is 12.6. The van der Waals surface area contributed by atoms with E-state index in [0.717, 1.165) is 6.42 Å². The SMILES string of the molecule is O=S(=O)(NC1CCCC(O)C1)c1c(Cl)nc2ccccn12. The number of nitrogens with zero attached hydrogens (tertiary/aromatic N) is 2. The lowest BCUT2D eigenvalue weighted by molar-refractivity contribution is 0.117. The lowest BCUT2D eigenvalue weighted by Crippen LogP contribution is -2.40. The Labute approximate surface area is 127 Å². The number of aliphatic hydroxyl groups excluding tert-OH is 1. The highest BCUT2D eigenvalue weighted by atomic mass is 35.5. The van der Waals surface area contributed by atoms with E-state index in [-0.39, 0.29) is 16.2 Å². The van der Waals surface area contributed by atoms with E-state index in [4.69, 9.17) is 11.6 Å². The number of hydrogen-bond donors (Lipinski definition) is 2. The van der Waals surface area contributed by atoms with Crippen LogP contribution in [-0.4, -0.2) is 35.1 Å². The summed E-state index contributed by atoms with van der Waals surface area (Å²) < 4.78 is 29.2. The molecule has 3 rings (SSSR count). The Bertz CT molecular complexity index is 759. The topological polar surface area (TPSA) is 83.7 Å². The molecule has 1 aliphatic rings. The van der Waals surface area contributed by atoms with Crippen LogP contribution in [0, 0.1) is 0 Å². The highest BCUT2D eigenvalue weighted by Crippen LogP contribution is 2.25. The standard InChI is InChI=1S/C13H16ClN3O3S/c14-12-13(17-7-2-1-6-11(17)15-12)21(19,20)16-9-4-3-5-10(18)8-9/h1-2,6-7,9-10,16,18H,3-5,8H2. The van der Waals surface area contributed by atoms with Gasteiger partial charge in [-0.15, -0.1) is 0 Å². The molecule has 0 amide bonds. The highest BCUT2D eigenvalue weighted by molar-refractivity contribution is 7.89.